The van der Waals surface area contributed by atoms with Gasteiger partial charge < -0.3 is 5.32 Å². The molecule has 2 heterocycles. The predicted molar refractivity (Wildman–Crippen MR) is 94.1 cm³/mol. The second kappa shape index (κ2) is 7.08. The summed E-state index contributed by atoms with van der Waals surface area (Å²) in [6, 6.07) is 15.3. The topological polar surface area (TPSA) is 64.0 Å². The number of rotatable bonds is 5. The van der Waals surface area contributed by atoms with Crippen molar-refractivity contribution in [3.05, 3.63) is 76.2 Å². The summed E-state index contributed by atoms with van der Waals surface area (Å²) in [7, 11) is 1.63. The number of fused-ring (bicyclic) bond motifs is 1. The Hall–Kier alpha value is -2.95. The van der Waals surface area contributed by atoms with Gasteiger partial charge in [0.05, 0.1) is 0 Å². The van der Waals surface area contributed by atoms with Crippen molar-refractivity contribution < 1.29 is 4.79 Å². The van der Waals surface area contributed by atoms with Crippen LogP contribution in [0.1, 0.15) is 22.3 Å². The van der Waals surface area contributed by atoms with Crippen LogP contribution < -0.4 is 10.9 Å². The first-order valence-corrected chi connectivity index (χ1v) is 7.93. The molecule has 0 radical (unpaired) electrons. The molecule has 0 saturated carbocycles. The number of amides is 1. The van der Waals surface area contributed by atoms with Crippen molar-refractivity contribution in [3.63, 3.8) is 0 Å². The quantitative estimate of drug-likeness (QED) is 0.733. The zero-order chi connectivity index (χ0) is 16.9. The van der Waals surface area contributed by atoms with Gasteiger partial charge in [0.25, 0.3) is 11.5 Å². The Balaban J connectivity index is 1.68. The van der Waals surface area contributed by atoms with E-state index in [9.17, 15) is 9.59 Å². The molecule has 2 aromatic heterocycles. The summed E-state index contributed by atoms with van der Waals surface area (Å²) in [6.07, 6.45) is 3.34. The number of nitrogens with one attached hydrogen (secondary N) is 1. The number of benzene rings is 1. The molecule has 122 valence electrons. The lowest BCUT2D eigenvalue weighted by Gasteiger charge is -2.08. The maximum absolute atomic E-state index is 12.3. The molecule has 3 aromatic rings. The van der Waals surface area contributed by atoms with Gasteiger partial charge in [0.2, 0.25) is 0 Å². The van der Waals surface area contributed by atoms with Crippen molar-refractivity contribution in [3.8, 4) is 0 Å². The lowest BCUT2D eigenvalue weighted by atomic mass is 10.1. The molecule has 0 unspecified atom stereocenters. The molecule has 5 heteroatoms. The highest BCUT2D eigenvalue weighted by Crippen LogP contribution is 2.09. The Bertz CT molecular complexity index is 917. The fourth-order valence-electron chi connectivity index (χ4n) is 2.69. The lowest BCUT2D eigenvalue weighted by Crippen LogP contribution is -2.33. The van der Waals surface area contributed by atoms with Crippen LogP contribution in [0.2, 0.25) is 0 Å². The van der Waals surface area contributed by atoms with Crippen LogP contribution in [0.15, 0.2) is 59.5 Å². The molecule has 0 aliphatic carbocycles. The average Bonchev–Trinajstić information content (AvgIpc) is 2.62. The summed E-state index contributed by atoms with van der Waals surface area (Å²) >= 11 is 0. The van der Waals surface area contributed by atoms with E-state index >= 15 is 0 Å². The average molecular weight is 321 g/mol. The highest BCUT2D eigenvalue weighted by molar-refractivity contribution is 5.96. The minimum atomic E-state index is -0.339. The Morgan fingerprint density at radius 3 is 2.75 bits per heavy atom. The highest BCUT2D eigenvalue weighted by atomic mass is 16.2. The van der Waals surface area contributed by atoms with E-state index in [4.69, 9.17) is 0 Å². The van der Waals surface area contributed by atoms with Gasteiger partial charge in [-0.15, -0.1) is 0 Å². The van der Waals surface area contributed by atoms with Gasteiger partial charge in [0.15, 0.2) is 0 Å². The fraction of sp³-hybridized carbons (Fsp3) is 0.211. The van der Waals surface area contributed by atoms with E-state index in [2.05, 4.69) is 22.4 Å². The van der Waals surface area contributed by atoms with Gasteiger partial charge in [-0.05, 0) is 36.6 Å². The Morgan fingerprint density at radius 1 is 1.17 bits per heavy atom. The van der Waals surface area contributed by atoms with E-state index < -0.39 is 0 Å². The second-order valence-corrected chi connectivity index (χ2v) is 5.68. The Morgan fingerprint density at radius 2 is 1.96 bits per heavy atom. The standard InChI is InChI=1S/C19H19N3O2/c1-22-17-15(10-6-11-20-17)13-16(19(22)24)18(23)21-12-5-9-14-7-3-2-4-8-14/h2-4,6-8,10-11,13H,5,9,12H2,1H3,(H,21,23). The Labute approximate surface area is 140 Å². The van der Waals surface area contributed by atoms with E-state index in [0.717, 1.165) is 18.2 Å². The molecule has 0 spiro atoms. The molecule has 24 heavy (non-hydrogen) atoms. The van der Waals surface area contributed by atoms with Crippen LogP contribution in [0.3, 0.4) is 0 Å². The summed E-state index contributed by atoms with van der Waals surface area (Å²) < 4.78 is 1.41. The Kier molecular flexibility index (Phi) is 4.70. The van der Waals surface area contributed by atoms with E-state index in [0.29, 0.717) is 12.2 Å². The molecule has 1 aromatic carbocycles. The first kappa shape index (κ1) is 15.9. The normalized spacial score (nSPS) is 10.7. The van der Waals surface area contributed by atoms with Gasteiger partial charge >= 0.3 is 0 Å². The van der Waals surface area contributed by atoms with Gasteiger partial charge in [-0.1, -0.05) is 30.3 Å². The molecule has 5 nitrogen and oxygen atoms in total. The molecule has 0 aliphatic heterocycles. The van der Waals surface area contributed by atoms with E-state index in [-0.39, 0.29) is 17.0 Å². The van der Waals surface area contributed by atoms with Crippen molar-refractivity contribution >= 4 is 16.9 Å². The SMILES string of the molecule is Cn1c(=O)c(C(=O)NCCCc2ccccc2)cc2cccnc21. The summed E-state index contributed by atoms with van der Waals surface area (Å²) in [4.78, 5) is 28.9. The molecule has 0 bridgehead atoms. The zero-order valence-corrected chi connectivity index (χ0v) is 13.5. The molecule has 1 amide bonds. The summed E-state index contributed by atoms with van der Waals surface area (Å²) in [5.74, 6) is -0.339. The smallest absolute Gasteiger partial charge is 0.264 e. The molecule has 1 N–H and O–H groups in total. The highest BCUT2D eigenvalue weighted by Gasteiger charge is 2.14. The number of carbonyl (C=O) groups is 1. The first-order chi connectivity index (χ1) is 11.7. The molecule has 0 saturated heterocycles. The first-order valence-electron chi connectivity index (χ1n) is 7.93. The maximum atomic E-state index is 12.3. The molecular weight excluding hydrogens is 302 g/mol. The largest absolute Gasteiger partial charge is 0.352 e. The number of pyridine rings is 2. The van der Waals surface area contributed by atoms with Crippen molar-refractivity contribution in [2.24, 2.45) is 7.05 Å². The van der Waals surface area contributed by atoms with E-state index in [1.807, 2.05) is 24.3 Å². The number of aryl methyl sites for hydroxylation is 2. The van der Waals surface area contributed by atoms with Crippen LogP contribution in [-0.2, 0) is 13.5 Å². The molecule has 3 rings (SSSR count). The van der Waals surface area contributed by atoms with Crippen molar-refractivity contribution in [2.45, 2.75) is 12.8 Å². The number of hydrogen-bond acceptors (Lipinski definition) is 3. The van der Waals surface area contributed by atoms with Crippen LogP contribution in [0.4, 0.5) is 0 Å². The van der Waals surface area contributed by atoms with E-state index in [1.165, 1.54) is 10.1 Å². The van der Waals surface area contributed by atoms with Crippen molar-refractivity contribution in [1.82, 2.24) is 14.9 Å². The van der Waals surface area contributed by atoms with Crippen LogP contribution in [0, 0.1) is 0 Å². The third kappa shape index (κ3) is 3.35. The van der Waals surface area contributed by atoms with Gasteiger partial charge in [-0.3, -0.25) is 14.2 Å². The summed E-state index contributed by atoms with van der Waals surface area (Å²) in [5, 5.41) is 3.60. The molecule has 0 atom stereocenters. The fourth-order valence-corrected chi connectivity index (χ4v) is 2.69. The second-order valence-electron chi connectivity index (χ2n) is 5.68. The van der Waals surface area contributed by atoms with Crippen molar-refractivity contribution in [1.29, 1.82) is 0 Å². The van der Waals surface area contributed by atoms with Gasteiger partial charge in [0, 0.05) is 25.2 Å². The van der Waals surface area contributed by atoms with E-state index in [1.54, 1.807) is 25.4 Å². The lowest BCUT2D eigenvalue weighted by molar-refractivity contribution is 0.0951. The molecular formula is C19H19N3O2. The van der Waals surface area contributed by atoms with Crippen molar-refractivity contribution in [2.75, 3.05) is 6.54 Å². The monoisotopic (exact) mass is 321 g/mol. The van der Waals surface area contributed by atoms with Crippen LogP contribution >= 0.6 is 0 Å². The predicted octanol–water partition coefficient (Wildman–Crippen LogP) is 2.30. The zero-order valence-electron chi connectivity index (χ0n) is 13.5. The van der Waals surface area contributed by atoms with Gasteiger partial charge in [-0.25, -0.2) is 4.98 Å². The maximum Gasteiger partial charge on any atom is 0.264 e. The third-order valence-electron chi connectivity index (χ3n) is 3.98. The molecule has 0 fully saturated rings. The number of hydrogen-bond donors (Lipinski definition) is 1. The minimum absolute atomic E-state index is 0.151. The third-order valence-corrected chi connectivity index (χ3v) is 3.98. The van der Waals surface area contributed by atoms with Gasteiger partial charge in [0.1, 0.15) is 11.2 Å². The summed E-state index contributed by atoms with van der Waals surface area (Å²) in [6.45, 7) is 0.530. The molecule has 0 aliphatic rings. The minimum Gasteiger partial charge on any atom is -0.352 e. The van der Waals surface area contributed by atoms with Crippen LogP contribution in [0.5, 0.6) is 0 Å². The number of nitrogens with zero attached hydrogens (tertiary/aromatic N) is 2. The summed E-state index contributed by atoms with van der Waals surface area (Å²) in [5.41, 5.74) is 1.63. The van der Waals surface area contributed by atoms with Crippen LogP contribution in [-0.4, -0.2) is 22.0 Å². The number of aromatic nitrogens is 2. The van der Waals surface area contributed by atoms with Crippen LogP contribution in [0.25, 0.3) is 11.0 Å². The number of carbonyl (C=O) groups excluding carboxylic acids is 1. The van der Waals surface area contributed by atoms with Gasteiger partial charge in [-0.2, -0.15) is 0 Å².